The minimum Gasteiger partial charge on any atom is -0.493 e. The van der Waals surface area contributed by atoms with Gasteiger partial charge in [0.1, 0.15) is 5.75 Å². The van der Waals surface area contributed by atoms with Crippen LogP contribution in [0, 0.1) is 0 Å². The monoisotopic (exact) mass is 565 g/mol. The first-order chi connectivity index (χ1) is 19.0. The summed E-state index contributed by atoms with van der Waals surface area (Å²) in [5, 5.41) is 1.96. The van der Waals surface area contributed by atoms with Crippen LogP contribution in [-0.2, 0) is 10.0 Å². The van der Waals surface area contributed by atoms with Crippen LogP contribution in [0.5, 0.6) is 5.75 Å². The van der Waals surface area contributed by atoms with Gasteiger partial charge in [-0.15, -0.1) is 11.8 Å². The Labute approximate surface area is 237 Å². The SMILES string of the molecule is CN(CCCOc1ccc2c(c1)N(S(=O)(=O)c1ccc3ccccc3c1)CCS2)C1CCC(N2CCCC2)C1. The number of fused-ring (bicyclic) bond motifs is 2. The summed E-state index contributed by atoms with van der Waals surface area (Å²) in [5.74, 6) is 1.46. The van der Waals surface area contributed by atoms with Crippen molar-refractivity contribution in [2.24, 2.45) is 0 Å². The molecule has 8 heteroatoms. The molecule has 0 aromatic heterocycles. The Morgan fingerprint density at radius 3 is 2.64 bits per heavy atom. The number of sulfonamides is 1. The lowest BCUT2D eigenvalue weighted by Crippen LogP contribution is -2.35. The normalized spacial score (nSPS) is 22.1. The Hall–Kier alpha value is -2.26. The van der Waals surface area contributed by atoms with Gasteiger partial charge in [0.25, 0.3) is 10.0 Å². The highest BCUT2D eigenvalue weighted by Gasteiger charge is 2.32. The van der Waals surface area contributed by atoms with E-state index in [0.29, 0.717) is 29.8 Å². The molecule has 208 valence electrons. The first-order valence-electron chi connectivity index (χ1n) is 14.3. The molecule has 1 saturated heterocycles. The van der Waals surface area contributed by atoms with Crippen LogP contribution in [-0.4, -0.2) is 75.9 Å². The van der Waals surface area contributed by atoms with Crippen LogP contribution in [0.4, 0.5) is 5.69 Å². The molecule has 2 fully saturated rings. The molecule has 0 N–H and O–H groups in total. The number of anilines is 1. The molecule has 0 amide bonds. The number of ether oxygens (including phenoxy) is 1. The zero-order chi connectivity index (χ0) is 26.8. The Bertz CT molecular complexity index is 1410. The summed E-state index contributed by atoms with van der Waals surface area (Å²) in [6.07, 6.45) is 7.60. The molecule has 0 bridgehead atoms. The topological polar surface area (TPSA) is 53.1 Å². The van der Waals surface area contributed by atoms with Crippen molar-refractivity contribution in [1.82, 2.24) is 9.80 Å². The number of rotatable bonds is 9. The van der Waals surface area contributed by atoms with E-state index in [-0.39, 0.29) is 0 Å². The predicted molar refractivity (Wildman–Crippen MR) is 161 cm³/mol. The molecule has 0 spiro atoms. The fraction of sp³-hybridized carbons (Fsp3) is 0.484. The molecule has 2 atom stereocenters. The number of thioether (sulfide) groups is 1. The first-order valence-corrected chi connectivity index (χ1v) is 16.8. The van der Waals surface area contributed by atoms with E-state index in [1.807, 2.05) is 48.5 Å². The van der Waals surface area contributed by atoms with Crippen molar-refractivity contribution in [2.45, 2.75) is 60.4 Å². The molecule has 2 heterocycles. The average molecular weight is 566 g/mol. The van der Waals surface area contributed by atoms with E-state index >= 15 is 0 Å². The second-order valence-electron chi connectivity index (χ2n) is 11.1. The van der Waals surface area contributed by atoms with Crippen molar-refractivity contribution < 1.29 is 13.2 Å². The van der Waals surface area contributed by atoms with Crippen LogP contribution in [0.15, 0.2) is 70.5 Å². The predicted octanol–water partition coefficient (Wildman–Crippen LogP) is 5.86. The molecule has 2 aliphatic heterocycles. The molecule has 3 aromatic carbocycles. The van der Waals surface area contributed by atoms with Gasteiger partial charge in [0.15, 0.2) is 0 Å². The molecule has 1 aliphatic carbocycles. The number of benzene rings is 3. The Morgan fingerprint density at radius 1 is 0.974 bits per heavy atom. The van der Waals surface area contributed by atoms with Crippen molar-refractivity contribution in [3.63, 3.8) is 0 Å². The van der Waals surface area contributed by atoms with E-state index in [0.717, 1.165) is 46.2 Å². The van der Waals surface area contributed by atoms with Crippen molar-refractivity contribution in [1.29, 1.82) is 0 Å². The number of hydrogen-bond donors (Lipinski definition) is 0. The summed E-state index contributed by atoms with van der Waals surface area (Å²) in [6.45, 7) is 4.65. The van der Waals surface area contributed by atoms with Crippen molar-refractivity contribution in [3.8, 4) is 5.75 Å². The molecule has 6 nitrogen and oxygen atoms in total. The van der Waals surface area contributed by atoms with Gasteiger partial charge in [-0.25, -0.2) is 8.42 Å². The summed E-state index contributed by atoms with van der Waals surface area (Å²) < 4.78 is 35.2. The highest BCUT2D eigenvalue weighted by molar-refractivity contribution is 8.00. The lowest BCUT2D eigenvalue weighted by atomic mass is 10.1. The molecule has 1 saturated carbocycles. The minimum absolute atomic E-state index is 0.326. The lowest BCUT2D eigenvalue weighted by Gasteiger charge is -2.30. The van der Waals surface area contributed by atoms with Crippen LogP contribution < -0.4 is 9.04 Å². The van der Waals surface area contributed by atoms with E-state index in [4.69, 9.17) is 4.74 Å². The van der Waals surface area contributed by atoms with Gasteiger partial charge in [-0.2, -0.15) is 0 Å². The first kappa shape index (κ1) is 26.9. The van der Waals surface area contributed by atoms with E-state index < -0.39 is 10.0 Å². The molecule has 0 radical (unpaired) electrons. The molecular weight excluding hydrogens is 526 g/mol. The summed E-state index contributed by atoms with van der Waals surface area (Å²) in [6, 6.07) is 20.6. The van der Waals surface area contributed by atoms with Crippen LogP contribution in [0.3, 0.4) is 0 Å². The summed E-state index contributed by atoms with van der Waals surface area (Å²) in [5.41, 5.74) is 0.716. The Morgan fingerprint density at radius 2 is 1.79 bits per heavy atom. The van der Waals surface area contributed by atoms with Gasteiger partial charge in [-0.1, -0.05) is 30.3 Å². The fourth-order valence-corrected chi connectivity index (χ4v) is 9.09. The third-order valence-electron chi connectivity index (χ3n) is 8.64. The quantitative estimate of drug-likeness (QED) is 0.303. The zero-order valence-corrected chi connectivity index (χ0v) is 24.4. The average Bonchev–Trinajstić information content (AvgIpc) is 3.67. The van der Waals surface area contributed by atoms with E-state index in [1.165, 1.54) is 45.2 Å². The Kier molecular flexibility index (Phi) is 8.08. The van der Waals surface area contributed by atoms with Crippen molar-refractivity contribution in [2.75, 3.05) is 49.9 Å². The number of nitrogens with zero attached hydrogens (tertiary/aromatic N) is 3. The van der Waals surface area contributed by atoms with Gasteiger partial charge in [0.05, 0.1) is 17.2 Å². The van der Waals surface area contributed by atoms with E-state index in [1.54, 1.807) is 28.2 Å². The summed E-state index contributed by atoms with van der Waals surface area (Å²) in [7, 11) is -1.43. The zero-order valence-electron chi connectivity index (χ0n) is 22.8. The van der Waals surface area contributed by atoms with Crippen molar-refractivity contribution >= 4 is 38.2 Å². The van der Waals surface area contributed by atoms with E-state index in [2.05, 4.69) is 16.8 Å². The summed E-state index contributed by atoms with van der Waals surface area (Å²) in [4.78, 5) is 6.52. The smallest absolute Gasteiger partial charge is 0.264 e. The van der Waals surface area contributed by atoms with Gasteiger partial charge >= 0.3 is 0 Å². The van der Waals surface area contributed by atoms with Crippen LogP contribution in [0.25, 0.3) is 10.8 Å². The fourth-order valence-electron chi connectivity index (χ4n) is 6.43. The summed E-state index contributed by atoms with van der Waals surface area (Å²) >= 11 is 1.70. The Balaban J connectivity index is 1.08. The largest absolute Gasteiger partial charge is 0.493 e. The number of hydrogen-bond acceptors (Lipinski definition) is 6. The molecule has 39 heavy (non-hydrogen) atoms. The third-order valence-corrected chi connectivity index (χ3v) is 11.5. The van der Waals surface area contributed by atoms with Crippen LogP contribution >= 0.6 is 11.8 Å². The van der Waals surface area contributed by atoms with Crippen LogP contribution in [0.1, 0.15) is 38.5 Å². The van der Waals surface area contributed by atoms with Gasteiger partial charge < -0.3 is 14.5 Å². The molecule has 3 aromatic rings. The van der Waals surface area contributed by atoms with Gasteiger partial charge in [-0.3, -0.25) is 4.31 Å². The maximum Gasteiger partial charge on any atom is 0.264 e. The second-order valence-corrected chi connectivity index (χ2v) is 14.1. The van der Waals surface area contributed by atoms with E-state index in [9.17, 15) is 8.42 Å². The number of likely N-dealkylation sites (tertiary alicyclic amines) is 1. The maximum atomic E-state index is 13.7. The van der Waals surface area contributed by atoms with Crippen molar-refractivity contribution in [3.05, 3.63) is 60.7 Å². The molecule has 6 rings (SSSR count). The lowest BCUT2D eigenvalue weighted by molar-refractivity contribution is 0.195. The highest BCUT2D eigenvalue weighted by atomic mass is 32.2. The van der Waals surface area contributed by atoms with Crippen LogP contribution in [0.2, 0.25) is 0 Å². The standard InChI is InChI=1S/C31H39N3O3S2/c1-32(26-10-11-27(22-26)33-16-4-5-17-33)15-6-19-37-28-12-14-31-30(23-28)34(18-20-38-31)39(35,36)29-13-9-24-7-2-3-8-25(24)21-29/h2-3,7-9,12-14,21,23,26-27H,4-6,10-11,15-20,22H2,1H3. The van der Waals surface area contributed by atoms with Gasteiger partial charge in [-0.05, 0) is 93.7 Å². The minimum atomic E-state index is -3.69. The van der Waals surface area contributed by atoms with Gasteiger partial charge in [0.2, 0.25) is 0 Å². The molecule has 3 aliphatic rings. The molecular formula is C31H39N3O3S2. The third kappa shape index (κ3) is 5.80. The molecule has 2 unspecified atom stereocenters. The second kappa shape index (κ2) is 11.7. The highest BCUT2D eigenvalue weighted by Crippen LogP contribution is 2.40. The maximum absolute atomic E-state index is 13.7. The van der Waals surface area contributed by atoms with Gasteiger partial charge in [0, 0.05) is 41.9 Å².